The Morgan fingerprint density at radius 3 is 2.15 bits per heavy atom. The van der Waals surface area contributed by atoms with Crippen LogP contribution in [0.2, 0.25) is 0 Å². The van der Waals surface area contributed by atoms with E-state index < -0.39 is 0 Å². The first-order valence-corrected chi connectivity index (χ1v) is 9.29. The van der Waals surface area contributed by atoms with Crippen molar-refractivity contribution in [2.24, 2.45) is 5.92 Å². The van der Waals surface area contributed by atoms with Gasteiger partial charge in [-0.1, -0.05) is 68.4 Å². The maximum absolute atomic E-state index is 12.7. The fourth-order valence-corrected chi connectivity index (χ4v) is 2.84. The molecule has 0 aliphatic carbocycles. The summed E-state index contributed by atoms with van der Waals surface area (Å²) in [5, 5.41) is 5.59. The van der Waals surface area contributed by atoms with Gasteiger partial charge in [-0.15, -0.1) is 0 Å². The maximum Gasteiger partial charge on any atom is 0.268 e. The Balaban J connectivity index is 2.11. The lowest BCUT2D eigenvalue weighted by atomic mass is 10.00. The topological polar surface area (TPSA) is 58.2 Å². The normalized spacial score (nSPS) is 12.6. The number of nitrogens with one attached hydrogen (secondary N) is 2. The number of carbonyl (C=O) groups excluding carboxylic acids is 2. The lowest BCUT2D eigenvalue weighted by Gasteiger charge is -2.17. The summed E-state index contributed by atoms with van der Waals surface area (Å²) >= 11 is 0. The molecule has 0 saturated carbocycles. The highest BCUT2D eigenvalue weighted by atomic mass is 16.2. The second kappa shape index (κ2) is 9.72. The Bertz CT molecular complexity index is 793. The molecular weight excluding hydrogens is 336 g/mol. The number of hydrogen-bond acceptors (Lipinski definition) is 2. The molecule has 0 bridgehead atoms. The molecular formula is C23H28N2O2. The van der Waals surface area contributed by atoms with Gasteiger partial charge in [-0.25, -0.2) is 0 Å². The van der Waals surface area contributed by atoms with Crippen molar-refractivity contribution in [1.29, 1.82) is 0 Å². The highest BCUT2D eigenvalue weighted by Crippen LogP contribution is 2.16. The molecule has 0 aromatic heterocycles. The molecule has 1 unspecified atom stereocenters. The van der Waals surface area contributed by atoms with Crippen LogP contribution in [0.25, 0.3) is 6.08 Å². The van der Waals surface area contributed by atoms with Crippen molar-refractivity contribution in [2.45, 2.75) is 40.2 Å². The summed E-state index contributed by atoms with van der Waals surface area (Å²) in [6.45, 7) is 7.71. The van der Waals surface area contributed by atoms with Crippen molar-refractivity contribution in [3.05, 3.63) is 77.0 Å². The number of rotatable bonds is 7. The minimum atomic E-state index is -0.312. The van der Waals surface area contributed by atoms with Gasteiger partial charge in [0.1, 0.15) is 5.70 Å². The average Bonchev–Trinajstić information content (AvgIpc) is 2.61. The van der Waals surface area contributed by atoms with E-state index in [9.17, 15) is 9.59 Å². The summed E-state index contributed by atoms with van der Waals surface area (Å²) in [5.74, 6) is 0.0159. The monoisotopic (exact) mass is 364 g/mol. The molecule has 0 aliphatic rings. The zero-order chi connectivity index (χ0) is 19.8. The van der Waals surface area contributed by atoms with Gasteiger partial charge in [0.2, 0.25) is 5.91 Å². The van der Waals surface area contributed by atoms with E-state index in [0.29, 0.717) is 5.92 Å². The lowest BCUT2D eigenvalue weighted by Crippen LogP contribution is -2.35. The van der Waals surface area contributed by atoms with E-state index in [-0.39, 0.29) is 23.6 Å². The molecule has 2 N–H and O–H groups in total. The first kappa shape index (κ1) is 20.4. The van der Waals surface area contributed by atoms with E-state index in [0.717, 1.165) is 17.5 Å². The summed E-state index contributed by atoms with van der Waals surface area (Å²) in [6.07, 6.45) is 2.71. The fraction of sp³-hybridized carbons (Fsp3) is 0.304. The molecule has 142 valence electrons. The van der Waals surface area contributed by atoms with E-state index in [4.69, 9.17) is 0 Å². The fourth-order valence-electron chi connectivity index (χ4n) is 2.84. The molecule has 1 atom stereocenters. The molecule has 2 amide bonds. The highest BCUT2D eigenvalue weighted by Gasteiger charge is 2.15. The van der Waals surface area contributed by atoms with Crippen LogP contribution in [0.15, 0.2) is 60.3 Å². The Hall–Kier alpha value is -2.88. The first-order valence-electron chi connectivity index (χ1n) is 9.29. The Labute approximate surface area is 161 Å². The Morgan fingerprint density at radius 1 is 0.963 bits per heavy atom. The van der Waals surface area contributed by atoms with Crippen LogP contribution in [0.3, 0.4) is 0 Å². The quantitative estimate of drug-likeness (QED) is 0.722. The minimum Gasteiger partial charge on any atom is -0.344 e. The van der Waals surface area contributed by atoms with Crippen LogP contribution in [0.5, 0.6) is 0 Å². The standard InChI is InChI=1S/C23H28N2O2/c1-16(2)14-20-10-12-21(13-11-20)17(3)24-23(27)22(25-18(4)26)15-19-8-6-5-7-9-19/h5-13,15-17H,14H2,1-4H3,(H,24,27)(H,25,26)/b22-15+. The largest absolute Gasteiger partial charge is 0.344 e. The highest BCUT2D eigenvalue weighted by molar-refractivity contribution is 6.01. The van der Waals surface area contributed by atoms with Crippen LogP contribution in [0.4, 0.5) is 0 Å². The smallest absolute Gasteiger partial charge is 0.268 e. The van der Waals surface area contributed by atoms with Gasteiger partial charge in [-0.05, 0) is 42.0 Å². The number of benzene rings is 2. The number of carbonyl (C=O) groups is 2. The molecule has 4 heteroatoms. The SMILES string of the molecule is CC(=O)N/C(=C/c1ccccc1)C(=O)NC(C)c1ccc(CC(C)C)cc1. The minimum absolute atomic E-state index is 0.168. The van der Waals surface area contributed by atoms with E-state index in [2.05, 4.69) is 36.6 Å². The summed E-state index contributed by atoms with van der Waals surface area (Å²) in [6, 6.07) is 17.6. The van der Waals surface area contributed by atoms with Gasteiger partial charge in [-0.2, -0.15) is 0 Å². The Morgan fingerprint density at radius 2 is 1.59 bits per heavy atom. The first-order chi connectivity index (χ1) is 12.8. The third-order valence-corrected chi connectivity index (χ3v) is 4.14. The van der Waals surface area contributed by atoms with Crippen molar-refractivity contribution in [1.82, 2.24) is 10.6 Å². The van der Waals surface area contributed by atoms with Gasteiger partial charge in [0.15, 0.2) is 0 Å². The van der Waals surface area contributed by atoms with E-state index in [1.165, 1.54) is 12.5 Å². The summed E-state index contributed by atoms with van der Waals surface area (Å²) in [5.41, 5.74) is 3.40. The molecule has 0 radical (unpaired) electrons. The van der Waals surface area contributed by atoms with Crippen LogP contribution in [0.1, 0.15) is 50.4 Å². The van der Waals surface area contributed by atoms with E-state index >= 15 is 0 Å². The van der Waals surface area contributed by atoms with Crippen LogP contribution in [0, 0.1) is 5.92 Å². The van der Waals surface area contributed by atoms with Gasteiger partial charge in [-0.3, -0.25) is 9.59 Å². The molecule has 2 rings (SSSR count). The molecule has 0 saturated heterocycles. The molecule has 0 heterocycles. The van der Waals surface area contributed by atoms with Gasteiger partial charge < -0.3 is 10.6 Å². The van der Waals surface area contributed by atoms with Crippen molar-refractivity contribution in [2.75, 3.05) is 0 Å². The molecule has 4 nitrogen and oxygen atoms in total. The van der Waals surface area contributed by atoms with Gasteiger partial charge in [0.05, 0.1) is 6.04 Å². The summed E-state index contributed by atoms with van der Waals surface area (Å²) in [7, 11) is 0. The van der Waals surface area contributed by atoms with Crippen molar-refractivity contribution in [3.63, 3.8) is 0 Å². The van der Waals surface area contributed by atoms with Gasteiger partial charge >= 0.3 is 0 Å². The predicted octanol–water partition coefficient (Wildman–Crippen LogP) is 4.24. The van der Waals surface area contributed by atoms with Crippen LogP contribution in [-0.4, -0.2) is 11.8 Å². The van der Waals surface area contributed by atoms with Gasteiger partial charge in [0, 0.05) is 6.92 Å². The second-order valence-corrected chi connectivity index (χ2v) is 7.18. The molecule has 2 aromatic rings. The third kappa shape index (κ3) is 6.74. The van der Waals surface area contributed by atoms with Crippen molar-refractivity contribution < 1.29 is 9.59 Å². The van der Waals surface area contributed by atoms with E-state index in [1.54, 1.807) is 6.08 Å². The number of hydrogen-bond donors (Lipinski definition) is 2. The van der Waals surface area contributed by atoms with Gasteiger partial charge in [0.25, 0.3) is 5.91 Å². The lowest BCUT2D eigenvalue weighted by molar-refractivity contribution is -0.122. The predicted molar refractivity (Wildman–Crippen MR) is 110 cm³/mol. The average molecular weight is 364 g/mol. The van der Waals surface area contributed by atoms with E-state index in [1.807, 2.05) is 49.4 Å². The Kier molecular flexibility index (Phi) is 7.35. The second-order valence-electron chi connectivity index (χ2n) is 7.18. The third-order valence-electron chi connectivity index (χ3n) is 4.14. The van der Waals surface area contributed by atoms with Crippen molar-refractivity contribution >= 4 is 17.9 Å². The molecule has 0 fully saturated rings. The molecule has 27 heavy (non-hydrogen) atoms. The molecule has 0 aliphatic heterocycles. The molecule has 0 spiro atoms. The zero-order valence-corrected chi connectivity index (χ0v) is 16.5. The van der Waals surface area contributed by atoms with Crippen LogP contribution >= 0.6 is 0 Å². The van der Waals surface area contributed by atoms with Crippen molar-refractivity contribution in [3.8, 4) is 0 Å². The zero-order valence-electron chi connectivity index (χ0n) is 16.5. The maximum atomic E-state index is 12.7. The summed E-state index contributed by atoms with van der Waals surface area (Å²) < 4.78 is 0. The van der Waals surface area contributed by atoms with Crippen LogP contribution < -0.4 is 10.6 Å². The molecule has 2 aromatic carbocycles. The summed E-state index contributed by atoms with van der Waals surface area (Å²) in [4.78, 5) is 24.2. The van der Waals surface area contributed by atoms with Crippen LogP contribution in [-0.2, 0) is 16.0 Å². The number of amides is 2.